The summed E-state index contributed by atoms with van der Waals surface area (Å²) in [7, 11) is 0. The third-order valence-electron chi connectivity index (χ3n) is 2.16. The lowest BCUT2D eigenvalue weighted by atomic mass is 9.99. The molecule has 0 unspecified atom stereocenters. The monoisotopic (exact) mass is 222 g/mol. The Bertz CT molecular complexity index is 367. The number of hydrogen-bond donors (Lipinski definition) is 0. The smallest absolute Gasteiger partial charge is 0.166 e. The van der Waals surface area contributed by atoms with Crippen LogP contribution >= 0.6 is 11.6 Å². The van der Waals surface area contributed by atoms with Crippen molar-refractivity contribution in [2.45, 2.75) is 26.9 Å². The van der Waals surface area contributed by atoms with Crippen LogP contribution in [0.1, 0.15) is 22.3 Å². The lowest BCUT2D eigenvalue weighted by Crippen LogP contribution is -2.10. The lowest BCUT2D eigenvalue weighted by molar-refractivity contribution is -0.138. The minimum Gasteiger partial charge on any atom is -0.166 e. The van der Waals surface area contributed by atoms with Crippen molar-refractivity contribution in [1.29, 1.82) is 0 Å². The third-order valence-corrected chi connectivity index (χ3v) is 2.74. The Morgan fingerprint density at radius 3 is 2.00 bits per heavy atom. The molecule has 0 amide bonds. The van der Waals surface area contributed by atoms with Crippen LogP contribution in [0.5, 0.6) is 0 Å². The Kier molecular flexibility index (Phi) is 2.81. The maximum Gasteiger partial charge on any atom is 0.416 e. The summed E-state index contributed by atoms with van der Waals surface area (Å²) in [6.45, 7) is 4.53. The summed E-state index contributed by atoms with van der Waals surface area (Å²) < 4.78 is 37.7. The van der Waals surface area contributed by atoms with E-state index in [1.54, 1.807) is 6.92 Å². The van der Waals surface area contributed by atoms with Crippen molar-refractivity contribution in [2.24, 2.45) is 0 Å². The Balaban J connectivity index is 3.53. The summed E-state index contributed by atoms with van der Waals surface area (Å²) in [5, 5.41) is 0.197. The highest BCUT2D eigenvalue weighted by Gasteiger charge is 2.35. The molecule has 4 heteroatoms. The molecule has 1 aromatic carbocycles. The van der Waals surface area contributed by atoms with E-state index in [9.17, 15) is 13.2 Å². The molecule has 0 bridgehead atoms. The van der Waals surface area contributed by atoms with E-state index < -0.39 is 11.7 Å². The van der Waals surface area contributed by atoms with E-state index in [2.05, 4.69) is 0 Å². The second kappa shape index (κ2) is 3.46. The van der Waals surface area contributed by atoms with E-state index in [1.165, 1.54) is 19.9 Å². The fourth-order valence-electron chi connectivity index (χ4n) is 1.60. The maximum absolute atomic E-state index is 12.6. The van der Waals surface area contributed by atoms with Gasteiger partial charge in [0.2, 0.25) is 0 Å². The van der Waals surface area contributed by atoms with E-state index in [4.69, 9.17) is 11.6 Å². The third kappa shape index (κ3) is 1.87. The summed E-state index contributed by atoms with van der Waals surface area (Å²) in [4.78, 5) is 0. The molecule has 1 aromatic rings. The molecule has 0 fully saturated rings. The van der Waals surface area contributed by atoms with Gasteiger partial charge in [0.25, 0.3) is 0 Å². The standard InChI is InChI=1S/C10H10ClF3/c1-5-4-6(2)9(11)7(3)8(5)10(12,13)14/h4H,1-3H3. The lowest BCUT2D eigenvalue weighted by Gasteiger charge is -2.16. The van der Waals surface area contributed by atoms with Gasteiger partial charge in [0.1, 0.15) is 0 Å². The molecule has 0 aromatic heterocycles. The Labute approximate surface area is 85.7 Å². The Hall–Kier alpha value is -0.700. The van der Waals surface area contributed by atoms with Gasteiger partial charge in [-0.25, -0.2) is 0 Å². The first-order chi connectivity index (χ1) is 6.25. The normalized spacial score (nSPS) is 11.9. The van der Waals surface area contributed by atoms with Crippen molar-refractivity contribution >= 4 is 11.6 Å². The number of hydrogen-bond acceptors (Lipinski definition) is 0. The van der Waals surface area contributed by atoms with E-state index >= 15 is 0 Å². The number of aryl methyl sites for hydroxylation is 2. The van der Waals surface area contributed by atoms with Crippen LogP contribution in [0, 0.1) is 20.8 Å². The predicted molar refractivity (Wildman–Crippen MR) is 50.7 cm³/mol. The van der Waals surface area contributed by atoms with Gasteiger partial charge in [-0.05, 0) is 37.5 Å². The average Bonchev–Trinajstić information content (AvgIpc) is 1.97. The van der Waals surface area contributed by atoms with Gasteiger partial charge in [0, 0.05) is 5.02 Å². The van der Waals surface area contributed by atoms with Crippen molar-refractivity contribution in [3.05, 3.63) is 33.3 Å². The topological polar surface area (TPSA) is 0 Å². The van der Waals surface area contributed by atoms with E-state index in [-0.39, 0.29) is 16.1 Å². The van der Waals surface area contributed by atoms with Crippen LogP contribution in [-0.2, 0) is 6.18 Å². The van der Waals surface area contributed by atoms with Gasteiger partial charge in [-0.15, -0.1) is 0 Å². The predicted octanol–water partition coefficient (Wildman–Crippen LogP) is 4.28. The molecule has 78 valence electrons. The summed E-state index contributed by atoms with van der Waals surface area (Å²) >= 11 is 5.76. The molecule has 14 heavy (non-hydrogen) atoms. The first kappa shape index (κ1) is 11.4. The van der Waals surface area contributed by atoms with E-state index in [0.29, 0.717) is 5.56 Å². The molecule has 0 saturated heterocycles. The quantitative estimate of drug-likeness (QED) is 0.615. The molecule has 0 aliphatic rings. The fourth-order valence-corrected chi connectivity index (χ4v) is 1.75. The van der Waals surface area contributed by atoms with Crippen LogP contribution in [0.4, 0.5) is 13.2 Å². The highest BCUT2D eigenvalue weighted by Crippen LogP contribution is 2.38. The van der Waals surface area contributed by atoms with E-state index in [1.807, 2.05) is 0 Å². The van der Waals surface area contributed by atoms with Crippen LogP contribution in [0.2, 0.25) is 5.02 Å². The molecule has 0 heterocycles. The molecule has 0 aliphatic carbocycles. The molecule has 0 spiro atoms. The molecule has 0 N–H and O–H groups in total. The van der Waals surface area contributed by atoms with Crippen molar-refractivity contribution in [3.8, 4) is 0 Å². The molecule has 1 rings (SSSR count). The van der Waals surface area contributed by atoms with Crippen LogP contribution in [-0.4, -0.2) is 0 Å². The number of benzene rings is 1. The van der Waals surface area contributed by atoms with Gasteiger partial charge in [-0.2, -0.15) is 13.2 Å². The van der Waals surface area contributed by atoms with Crippen LogP contribution in [0.25, 0.3) is 0 Å². The minimum atomic E-state index is -4.33. The van der Waals surface area contributed by atoms with Crippen molar-refractivity contribution in [2.75, 3.05) is 0 Å². The summed E-state index contributed by atoms with van der Waals surface area (Å²) in [6.07, 6.45) is -4.33. The van der Waals surface area contributed by atoms with Gasteiger partial charge in [0.05, 0.1) is 5.56 Å². The SMILES string of the molecule is Cc1cc(C)c(C(F)(F)F)c(C)c1Cl. The molecular formula is C10H10ClF3. The maximum atomic E-state index is 12.6. The van der Waals surface area contributed by atoms with Gasteiger partial charge < -0.3 is 0 Å². The van der Waals surface area contributed by atoms with Crippen LogP contribution in [0.3, 0.4) is 0 Å². The van der Waals surface area contributed by atoms with Gasteiger partial charge in [0.15, 0.2) is 0 Å². The first-order valence-corrected chi connectivity index (χ1v) is 4.46. The molecule has 0 aliphatic heterocycles. The summed E-state index contributed by atoms with van der Waals surface area (Å²) in [5.74, 6) is 0. The minimum absolute atomic E-state index is 0.108. The van der Waals surface area contributed by atoms with Crippen LogP contribution in [0.15, 0.2) is 6.07 Å². The zero-order valence-corrected chi connectivity index (χ0v) is 8.85. The zero-order chi connectivity index (χ0) is 11.1. The van der Waals surface area contributed by atoms with Crippen molar-refractivity contribution in [1.82, 2.24) is 0 Å². The van der Waals surface area contributed by atoms with Gasteiger partial charge in [-0.1, -0.05) is 17.7 Å². The number of halogens is 4. The van der Waals surface area contributed by atoms with Crippen molar-refractivity contribution < 1.29 is 13.2 Å². The Morgan fingerprint density at radius 1 is 1.07 bits per heavy atom. The molecular weight excluding hydrogens is 213 g/mol. The molecule has 0 saturated carbocycles. The largest absolute Gasteiger partial charge is 0.416 e. The molecule has 0 atom stereocenters. The second-order valence-electron chi connectivity index (χ2n) is 3.32. The average molecular weight is 223 g/mol. The van der Waals surface area contributed by atoms with Crippen LogP contribution < -0.4 is 0 Å². The van der Waals surface area contributed by atoms with E-state index in [0.717, 1.165) is 0 Å². The van der Waals surface area contributed by atoms with Gasteiger partial charge in [-0.3, -0.25) is 0 Å². The molecule has 0 nitrogen and oxygen atoms in total. The van der Waals surface area contributed by atoms with Crippen molar-refractivity contribution in [3.63, 3.8) is 0 Å². The summed E-state index contributed by atoms with van der Waals surface area (Å²) in [5.41, 5.74) is 0.385. The highest BCUT2D eigenvalue weighted by atomic mass is 35.5. The Morgan fingerprint density at radius 2 is 1.57 bits per heavy atom. The molecule has 0 radical (unpaired) electrons. The first-order valence-electron chi connectivity index (χ1n) is 4.08. The van der Waals surface area contributed by atoms with Gasteiger partial charge >= 0.3 is 6.18 Å². The summed E-state index contributed by atoms with van der Waals surface area (Å²) in [6, 6.07) is 1.46. The second-order valence-corrected chi connectivity index (χ2v) is 3.70. The highest BCUT2D eigenvalue weighted by molar-refractivity contribution is 6.32. The number of rotatable bonds is 0. The fraction of sp³-hybridized carbons (Fsp3) is 0.400. The zero-order valence-electron chi connectivity index (χ0n) is 8.09. The number of alkyl halides is 3.